The average molecular weight is 249 g/mol. The Hall–Kier alpha value is -2.35. The summed E-state index contributed by atoms with van der Waals surface area (Å²) in [5.74, 6) is 0. The van der Waals surface area contributed by atoms with Crippen molar-refractivity contribution in [3.8, 4) is 11.1 Å². The highest BCUT2D eigenvalue weighted by atomic mass is 16.1. The van der Waals surface area contributed by atoms with Crippen molar-refractivity contribution in [3.63, 3.8) is 0 Å². The summed E-state index contributed by atoms with van der Waals surface area (Å²) in [6.45, 7) is 2.06. The second kappa shape index (κ2) is 4.39. The first-order chi connectivity index (χ1) is 9.16. The smallest absolute Gasteiger partial charge is 0.251 e. The Kier molecular flexibility index (Phi) is 2.71. The van der Waals surface area contributed by atoms with Crippen LogP contribution < -0.4 is 5.56 Å². The van der Waals surface area contributed by atoms with Gasteiger partial charge in [-0.25, -0.2) is 0 Å². The summed E-state index contributed by atoms with van der Waals surface area (Å²) in [6.07, 6.45) is 0. The van der Waals surface area contributed by atoms with E-state index in [1.807, 2.05) is 37.4 Å². The number of aryl methyl sites for hydroxylation is 2. The maximum Gasteiger partial charge on any atom is 0.251 e. The van der Waals surface area contributed by atoms with E-state index in [9.17, 15) is 4.79 Å². The van der Waals surface area contributed by atoms with Crippen molar-refractivity contribution < 1.29 is 0 Å². The fourth-order valence-electron chi connectivity index (χ4n) is 2.46. The highest BCUT2D eigenvalue weighted by Crippen LogP contribution is 2.27. The third kappa shape index (κ3) is 1.95. The lowest BCUT2D eigenvalue weighted by Gasteiger charge is -2.10. The first-order valence-corrected chi connectivity index (χ1v) is 6.32. The van der Waals surface area contributed by atoms with Gasteiger partial charge in [-0.05, 0) is 24.1 Å². The van der Waals surface area contributed by atoms with Gasteiger partial charge in [0.2, 0.25) is 0 Å². The minimum atomic E-state index is 0.0233. The summed E-state index contributed by atoms with van der Waals surface area (Å²) < 4.78 is 1.69. The van der Waals surface area contributed by atoms with Crippen molar-refractivity contribution in [2.45, 2.75) is 6.92 Å². The number of fused-ring (bicyclic) bond motifs is 1. The van der Waals surface area contributed by atoms with Gasteiger partial charge in [0.1, 0.15) is 0 Å². The Bertz CT molecular complexity index is 815. The lowest BCUT2D eigenvalue weighted by Crippen LogP contribution is -2.16. The molecular weight excluding hydrogens is 234 g/mol. The molecule has 0 bridgehead atoms. The van der Waals surface area contributed by atoms with E-state index in [4.69, 9.17) is 0 Å². The molecule has 0 aliphatic rings. The molecule has 94 valence electrons. The molecular formula is C17H15NO. The van der Waals surface area contributed by atoms with Crippen LogP contribution in [-0.2, 0) is 7.05 Å². The van der Waals surface area contributed by atoms with Crippen LogP contribution in [0.2, 0.25) is 0 Å². The van der Waals surface area contributed by atoms with Crippen LogP contribution in [0.3, 0.4) is 0 Å². The number of nitrogens with zero attached hydrogens (tertiary/aromatic N) is 1. The van der Waals surface area contributed by atoms with Gasteiger partial charge in [-0.2, -0.15) is 0 Å². The average Bonchev–Trinajstić information content (AvgIpc) is 2.43. The minimum Gasteiger partial charge on any atom is -0.311 e. The SMILES string of the molecule is Cc1cccc(-c2cc(=O)n(C)c3ccccc23)c1. The Morgan fingerprint density at radius 2 is 1.74 bits per heavy atom. The topological polar surface area (TPSA) is 22.0 Å². The second-order valence-corrected chi connectivity index (χ2v) is 4.84. The molecule has 0 radical (unpaired) electrons. The van der Waals surface area contributed by atoms with E-state index in [0.29, 0.717) is 0 Å². The van der Waals surface area contributed by atoms with Crippen molar-refractivity contribution in [2.75, 3.05) is 0 Å². The third-order valence-electron chi connectivity index (χ3n) is 3.48. The van der Waals surface area contributed by atoms with E-state index in [2.05, 4.69) is 25.1 Å². The van der Waals surface area contributed by atoms with Crippen LogP contribution in [0, 0.1) is 6.92 Å². The van der Waals surface area contributed by atoms with Gasteiger partial charge < -0.3 is 4.57 Å². The van der Waals surface area contributed by atoms with Crippen molar-refractivity contribution in [3.05, 3.63) is 70.5 Å². The lowest BCUT2D eigenvalue weighted by atomic mass is 10.00. The van der Waals surface area contributed by atoms with Gasteiger partial charge in [-0.3, -0.25) is 4.79 Å². The monoisotopic (exact) mass is 249 g/mol. The van der Waals surface area contributed by atoms with Crippen LogP contribution in [0.4, 0.5) is 0 Å². The number of aromatic nitrogens is 1. The number of pyridine rings is 1. The zero-order valence-electron chi connectivity index (χ0n) is 11.1. The van der Waals surface area contributed by atoms with Gasteiger partial charge in [0.05, 0.1) is 5.52 Å². The van der Waals surface area contributed by atoms with Crippen molar-refractivity contribution in [1.29, 1.82) is 0 Å². The van der Waals surface area contributed by atoms with Crippen LogP contribution in [0.25, 0.3) is 22.0 Å². The summed E-state index contributed by atoms with van der Waals surface area (Å²) in [5.41, 5.74) is 4.28. The predicted molar refractivity (Wildman–Crippen MR) is 79.4 cm³/mol. The maximum atomic E-state index is 12.1. The molecule has 0 saturated heterocycles. The fraction of sp³-hybridized carbons (Fsp3) is 0.118. The number of benzene rings is 2. The van der Waals surface area contributed by atoms with Crippen LogP contribution in [0.15, 0.2) is 59.4 Å². The molecule has 0 fully saturated rings. The molecule has 0 aliphatic carbocycles. The van der Waals surface area contributed by atoms with Crippen molar-refractivity contribution in [1.82, 2.24) is 4.57 Å². The first kappa shape index (κ1) is 11.7. The number of hydrogen-bond donors (Lipinski definition) is 0. The molecule has 19 heavy (non-hydrogen) atoms. The van der Waals surface area contributed by atoms with Crippen molar-refractivity contribution in [2.24, 2.45) is 7.05 Å². The molecule has 0 saturated carbocycles. The van der Waals surface area contributed by atoms with E-state index in [1.54, 1.807) is 10.6 Å². The summed E-state index contributed by atoms with van der Waals surface area (Å²) in [4.78, 5) is 12.1. The molecule has 0 spiro atoms. The zero-order chi connectivity index (χ0) is 13.4. The first-order valence-electron chi connectivity index (χ1n) is 6.32. The second-order valence-electron chi connectivity index (χ2n) is 4.84. The van der Waals surface area contributed by atoms with Crippen LogP contribution in [0.5, 0.6) is 0 Å². The number of rotatable bonds is 1. The normalized spacial score (nSPS) is 10.8. The molecule has 0 N–H and O–H groups in total. The standard InChI is InChI=1S/C17H15NO/c1-12-6-5-7-13(10-12)15-11-17(19)18(2)16-9-4-3-8-14(15)16/h3-11H,1-2H3. The molecule has 1 heterocycles. The molecule has 3 aromatic rings. The number of hydrogen-bond acceptors (Lipinski definition) is 1. The molecule has 2 heteroatoms. The molecule has 0 unspecified atom stereocenters. The molecule has 3 rings (SSSR count). The van der Waals surface area contributed by atoms with Crippen molar-refractivity contribution >= 4 is 10.9 Å². The van der Waals surface area contributed by atoms with Crippen LogP contribution >= 0.6 is 0 Å². The van der Waals surface area contributed by atoms with Crippen LogP contribution in [-0.4, -0.2) is 4.57 Å². The Labute approximate surface area is 111 Å². The van der Waals surface area contributed by atoms with Gasteiger partial charge in [-0.1, -0.05) is 48.0 Å². The predicted octanol–water partition coefficient (Wildman–Crippen LogP) is 3.51. The Morgan fingerprint density at radius 1 is 0.947 bits per heavy atom. The molecule has 0 atom stereocenters. The van der Waals surface area contributed by atoms with Crippen LogP contribution in [0.1, 0.15) is 5.56 Å². The fourth-order valence-corrected chi connectivity index (χ4v) is 2.46. The quantitative estimate of drug-likeness (QED) is 0.647. The van der Waals surface area contributed by atoms with Gasteiger partial charge in [0.25, 0.3) is 5.56 Å². The summed E-state index contributed by atoms with van der Waals surface area (Å²) in [5, 5.41) is 1.11. The highest BCUT2D eigenvalue weighted by molar-refractivity contribution is 5.94. The summed E-state index contributed by atoms with van der Waals surface area (Å²) in [6, 6.07) is 18.0. The summed E-state index contributed by atoms with van der Waals surface area (Å²) >= 11 is 0. The van der Waals surface area contributed by atoms with E-state index < -0.39 is 0 Å². The summed E-state index contributed by atoms with van der Waals surface area (Å²) in [7, 11) is 1.81. The van der Waals surface area contributed by atoms with Gasteiger partial charge in [0, 0.05) is 18.5 Å². The third-order valence-corrected chi connectivity index (χ3v) is 3.48. The van der Waals surface area contributed by atoms with E-state index >= 15 is 0 Å². The maximum absolute atomic E-state index is 12.1. The molecule has 0 aliphatic heterocycles. The minimum absolute atomic E-state index is 0.0233. The molecule has 1 aromatic heterocycles. The highest BCUT2D eigenvalue weighted by Gasteiger charge is 2.07. The zero-order valence-corrected chi connectivity index (χ0v) is 11.1. The molecule has 0 amide bonds. The van der Waals surface area contributed by atoms with Gasteiger partial charge in [0.15, 0.2) is 0 Å². The Balaban J connectivity index is 2.42. The lowest BCUT2D eigenvalue weighted by molar-refractivity contribution is 0.907. The molecule has 2 aromatic carbocycles. The Morgan fingerprint density at radius 3 is 2.53 bits per heavy atom. The van der Waals surface area contributed by atoms with Gasteiger partial charge in [-0.15, -0.1) is 0 Å². The van der Waals surface area contributed by atoms with Gasteiger partial charge >= 0.3 is 0 Å². The number of para-hydroxylation sites is 1. The van der Waals surface area contributed by atoms with E-state index in [0.717, 1.165) is 22.0 Å². The van der Waals surface area contributed by atoms with E-state index in [-0.39, 0.29) is 5.56 Å². The molecule has 2 nitrogen and oxygen atoms in total. The largest absolute Gasteiger partial charge is 0.311 e. The van der Waals surface area contributed by atoms with E-state index in [1.165, 1.54) is 5.56 Å².